The molecule has 0 aromatic heterocycles. The van der Waals surface area contributed by atoms with Crippen LogP contribution in [0.2, 0.25) is 0 Å². The molecule has 0 saturated carbocycles. The summed E-state index contributed by atoms with van der Waals surface area (Å²) in [5.41, 5.74) is 9.84. The van der Waals surface area contributed by atoms with Crippen LogP contribution in [0.25, 0.3) is 0 Å². The lowest BCUT2D eigenvalue weighted by molar-refractivity contribution is 0.185. The molecule has 0 aliphatic carbocycles. The summed E-state index contributed by atoms with van der Waals surface area (Å²) in [7, 11) is 2.22. The number of likely N-dealkylation sites (N-methyl/N-ethyl adjacent to an activating group) is 1. The number of piperazine rings is 1. The maximum absolute atomic E-state index is 5.75. The Bertz CT molecular complexity index is 430. The number of benzene rings is 1. The zero-order valence-electron chi connectivity index (χ0n) is 12.7. The van der Waals surface area contributed by atoms with Gasteiger partial charge in [0.1, 0.15) is 0 Å². The molecule has 1 aliphatic heterocycles. The van der Waals surface area contributed by atoms with E-state index in [1.54, 1.807) is 0 Å². The molecule has 0 spiro atoms. The van der Waals surface area contributed by atoms with Gasteiger partial charge in [-0.15, -0.1) is 0 Å². The van der Waals surface area contributed by atoms with E-state index in [2.05, 4.69) is 55.8 Å². The molecule has 3 nitrogen and oxygen atoms in total. The quantitative estimate of drug-likeness (QED) is 0.905. The van der Waals surface area contributed by atoms with Crippen LogP contribution in [-0.4, -0.2) is 43.7 Å². The molecular formula is C16H27N3. The topological polar surface area (TPSA) is 32.5 Å². The second-order valence-corrected chi connectivity index (χ2v) is 5.96. The van der Waals surface area contributed by atoms with Gasteiger partial charge in [0.25, 0.3) is 0 Å². The summed E-state index contributed by atoms with van der Waals surface area (Å²) in [6.45, 7) is 9.65. The highest BCUT2D eigenvalue weighted by Crippen LogP contribution is 2.27. The minimum atomic E-state index is 0.555. The first kappa shape index (κ1) is 14.4. The lowest BCUT2D eigenvalue weighted by Crippen LogP contribution is -2.56. The number of hydrogen-bond acceptors (Lipinski definition) is 3. The monoisotopic (exact) mass is 261 g/mol. The van der Waals surface area contributed by atoms with Gasteiger partial charge in [-0.05, 0) is 58.0 Å². The van der Waals surface area contributed by atoms with Crippen LogP contribution in [0.3, 0.4) is 0 Å². The fourth-order valence-corrected chi connectivity index (χ4v) is 3.08. The average Bonchev–Trinajstić information content (AvgIpc) is 2.36. The SMILES string of the molecule is Cc1ccc(C)c(N2CC(CCN)N(C)CC2C)c1. The van der Waals surface area contributed by atoms with Crippen molar-refractivity contribution in [3.05, 3.63) is 29.3 Å². The Labute approximate surface area is 117 Å². The summed E-state index contributed by atoms with van der Waals surface area (Å²) in [6, 6.07) is 7.86. The van der Waals surface area contributed by atoms with Gasteiger partial charge in [-0.1, -0.05) is 12.1 Å². The van der Waals surface area contributed by atoms with Crippen LogP contribution in [0.4, 0.5) is 5.69 Å². The lowest BCUT2D eigenvalue weighted by atomic mass is 10.0. The number of anilines is 1. The molecule has 1 fully saturated rings. The van der Waals surface area contributed by atoms with Crippen LogP contribution in [0, 0.1) is 13.8 Å². The summed E-state index contributed by atoms with van der Waals surface area (Å²) >= 11 is 0. The fraction of sp³-hybridized carbons (Fsp3) is 0.625. The molecule has 1 aliphatic rings. The lowest BCUT2D eigenvalue weighted by Gasteiger charge is -2.45. The van der Waals surface area contributed by atoms with Crippen LogP contribution in [0.15, 0.2) is 18.2 Å². The van der Waals surface area contributed by atoms with E-state index in [0.29, 0.717) is 12.1 Å². The maximum Gasteiger partial charge on any atom is 0.0401 e. The van der Waals surface area contributed by atoms with Crippen molar-refractivity contribution in [3.8, 4) is 0 Å². The van der Waals surface area contributed by atoms with Crippen molar-refractivity contribution in [2.24, 2.45) is 5.73 Å². The second kappa shape index (κ2) is 5.93. The predicted octanol–water partition coefficient (Wildman–Crippen LogP) is 2.16. The average molecular weight is 261 g/mol. The van der Waals surface area contributed by atoms with Crippen LogP contribution in [0.1, 0.15) is 24.5 Å². The first-order valence-electron chi connectivity index (χ1n) is 7.27. The summed E-state index contributed by atoms with van der Waals surface area (Å²) < 4.78 is 0. The number of nitrogens with two attached hydrogens (primary N) is 1. The van der Waals surface area contributed by atoms with Crippen molar-refractivity contribution in [2.75, 3.05) is 31.6 Å². The molecule has 2 unspecified atom stereocenters. The van der Waals surface area contributed by atoms with Gasteiger partial charge < -0.3 is 10.6 Å². The zero-order valence-corrected chi connectivity index (χ0v) is 12.7. The normalized spacial score (nSPS) is 24.8. The van der Waals surface area contributed by atoms with Gasteiger partial charge >= 0.3 is 0 Å². The maximum atomic E-state index is 5.75. The van der Waals surface area contributed by atoms with Gasteiger partial charge in [0, 0.05) is 30.9 Å². The van der Waals surface area contributed by atoms with Gasteiger partial charge in [-0.25, -0.2) is 0 Å². The third-order valence-electron chi connectivity index (χ3n) is 4.29. The Kier molecular flexibility index (Phi) is 4.48. The molecule has 2 rings (SSSR count). The van der Waals surface area contributed by atoms with E-state index in [1.165, 1.54) is 16.8 Å². The largest absolute Gasteiger partial charge is 0.366 e. The van der Waals surface area contributed by atoms with Gasteiger partial charge in [-0.2, -0.15) is 0 Å². The van der Waals surface area contributed by atoms with E-state index in [0.717, 1.165) is 26.1 Å². The second-order valence-electron chi connectivity index (χ2n) is 5.96. The summed E-state index contributed by atoms with van der Waals surface area (Å²) in [5, 5.41) is 0. The molecule has 19 heavy (non-hydrogen) atoms. The number of hydrogen-bond donors (Lipinski definition) is 1. The molecule has 106 valence electrons. The van der Waals surface area contributed by atoms with Crippen LogP contribution in [-0.2, 0) is 0 Å². The Morgan fingerprint density at radius 3 is 2.68 bits per heavy atom. The summed E-state index contributed by atoms with van der Waals surface area (Å²) in [4.78, 5) is 5.02. The molecule has 2 atom stereocenters. The molecule has 1 aromatic rings. The van der Waals surface area contributed by atoms with Gasteiger partial charge in [-0.3, -0.25) is 4.90 Å². The third kappa shape index (κ3) is 3.10. The highest BCUT2D eigenvalue weighted by Gasteiger charge is 2.29. The van der Waals surface area contributed by atoms with E-state index in [9.17, 15) is 0 Å². The van der Waals surface area contributed by atoms with E-state index in [1.807, 2.05) is 0 Å². The van der Waals surface area contributed by atoms with Crippen molar-refractivity contribution < 1.29 is 0 Å². The van der Waals surface area contributed by atoms with Crippen LogP contribution in [0.5, 0.6) is 0 Å². The van der Waals surface area contributed by atoms with E-state index in [-0.39, 0.29) is 0 Å². The van der Waals surface area contributed by atoms with Crippen molar-refractivity contribution in [1.29, 1.82) is 0 Å². The van der Waals surface area contributed by atoms with E-state index >= 15 is 0 Å². The first-order chi connectivity index (χ1) is 9.02. The molecular weight excluding hydrogens is 234 g/mol. The zero-order chi connectivity index (χ0) is 14.0. The molecule has 1 heterocycles. The Morgan fingerprint density at radius 2 is 2.00 bits per heavy atom. The van der Waals surface area contributed by atoms with Crippen LogP contribution >= 0.6 is 0 Å². The molecule has 0 bridgehead atoms. The minimum absolute atomic E-state index is 0.555. The number of nitrogens with zero attached hydrogens (tertiary/aromatic N) is 2. The van der Waals surface area contributed by atoms with E-state index in [4.69, 9.17) is 5.73 Å². The molecule has 3 heteroatoms. The predicted molar refractivity (Wildman–Crippen MR) is 82.8 cm³/mol. The van der Waals surface area contributed by atoms with Crippen molar-refractivity contribution in [1.82, 2.24) is 4.90 Å². The van der Waals surface area contributed by atoms with Crippen molar-refractivity contribution >= 4 is 5.69 Å². The molecule has 1 aromatic carbocycles. The third-order valence-corrected chi connectivity index (χ3v) is 4.29. The molecule has 1 saturated heterocycles. The smallest absolute Gasteiger partial charge is 0.0401 e. The molecule has 2 N–H and O–H groups in total. The van der Waals surface area contributed by atoms with Gasteiger partial charge in [0.2, 0.25) is 0 Å². The van der Waals surface area contributed by atoms with Crippen molar-refractivity contribution in [2.45, 2.75) is 39.3 Å². The number of rotatable bonds is 3. The molecule has 0 amide bonds. The Morgan fingerprint density at radius 1 is 1.26 bits per heavy atom. The summed E-state index contributed by atoms with van der Waals surface area (Å²) in [6.07, 6.45) is 1.07. The summed E-state index contributed by atoms with van der Waals surface area (Å²) in [5.74, 6) is 0. The fourth-order valence-electron chi connectivity index (χ4n) is 3.08. The minimum Gasteiger partial charge on any atom is -0.366 e. The van der Waals surface area contributed by atoms with Crippen molar-refractivity contribution in [3.63, 3.8) is 0 Å². The van der Waals surface area contributed by atoms with Gasteiger partial charge in [0.05, 0.1) is 0 Å². The highest BCUT2D eigenvalue weighted by molar-refractivity contribution is 5.56. The highest BCUT2D eigenvalue weighted by atomic mass is 15.3. The Balaban J connectivity index is 2.24. The van der Waals surface area contributed by atoms with Gasteiger partial charge in [0.15, 0.2) is 0 Å². The van der Waals surface area contributed by atoms with Crippen LogP contribution < -0.4 is 10.6 Å². The van der Waals surface area contributed by atoms with E-state index < -0.39 is 0 Å². The molecule has 0 radical (unpaired) electrons. The Hall–Kier alpha value is -1.06. The first-order valence-corrected chi connectivity index (χ1v) is 7.27. The standard InChI is InChI=1S/C16H27N3/c1-12-5-6-13(2)16(9-12)19-11-15(7-8-17)18(4)10-14(19)3/h5-6,9,14-15H,7-8,10-11,17H2,1-4H3. The number of aryl methyl sites for hydroxylation is 2.